The molecular formula is C25H34N3O5+. The summed E-state index contributed by atoms with van der Waals surface area (Å²) in [4.78, 5) is 38.2. The second kappa shape index (κ2) is 10.9. The molecule has 1 aliphatic rings. The molecule has 2 aromatic rings. The molecule has 33 heavy (non-hydrogen) atoms. The number of likely N-dealkylation sites (tertiary alicyclic amines) is 1. The minimum Gasteiger partial charge on any atom is -0.477 e. The lowest BCUT2D eigenvalue weighted by Crippen LogP contribution is -2.69. The molecule has 4 atom stereocenters. The largest absolute Gasteiger partial charge is 0.477 e. The Bertz CT molecular complexity index is 1010. The van der Waals surface area contributed by atoms with Gasteiger partial charge in [0, 0.05) is 19.3 Å². The maximum Gasteiger partial charge on any atom is 0.363 e. The number of unbranched alkanes of at least 4 members (excludes halogenated alkanes) is 1. The van der Waals surface area contributed by atoms with Crippen molar-refractivity contribution < 1.29 is 29.1 Å². The molecule has 1 amide bonds. The molecule has 8 heteroatoms. The van der Waals surface area contributed by atoms with Crippen LogP contribution in [0.4, 0.5) is 0 Å². The van der Waals surface area contributed by atoms with Crippen LogP contribution < -0.4 is 11.5 Å². The van der Waals surface area contributed by atoms with Gasteiger partial charge in [-0.2, -0.15) is 0 Å². The summed E-state index contributed by atoms with van der Waals surface area (Å²) in [6.07, 6.45) is 3.00. The molecule has 1 fully saturated rings. The normalized spacial score (nSPS) is 22.2. The van der Waals surface area contributed by atoms with E-state index in [1.807, 2.05) is 42.5 Å². The summed E-state index contributed by atoms with van der Waals surface area (Å²) in [5.74, 6) is -2.79. The van der Waals surface area contributed by atoms with Crippen molar-refractivity contribution in [3.8, 4) is 0 Å². The van der Waals surface area contributed by atoms with Gasteiger partial charge in [-0.15, -0.1) is 0 Å². The Kier molecular flexibility index (Phi) is 8.18. The van der Waals surface area contributed by atoms with Gasteiger partial charge in [-0.25, -0.2) is 18.9 Å². The number of rotatable bonds is 11. The van der Waals surface area contributed by atoms with Gasteiger partial charge >= 0.3 is 17.8 Å². The quantitative estimate of drug-likeness (QED) is 0.300. The van der Waals surface area contributed by atoms with Crippen LogP contribution in [0.1, 0.15) is 44.1 Å². The molecule has 0 spiro atoms. The summed E-state index contributed by atoms with van der Waals surface area (Å²) in [7, 11) is 0. The van der Waals surface area contributed by atoms with Gasteiger partial charge in [0.05, 0.1) is 6.54 Å². The van der Waals surface area contributed by atoms with E-state index in [0.29, 0.717) is 38.6 Å². The molecular weight excluding hydrogens is 422 g/mol. The minimum absolute atomic E-state index is 0.152. The lowest BCUT2D eigenvalue weighted by molar-refractivity contribution is -0.875. The molecule has 2 aromatic carbocycles. The van der Waals surface area contributed by atoms with Crippen LogP contribution in [0.3, 0.4) is 0 Å². The highest BCUT2D eigenvalue weighted by Gasteiger charge is 2.59. The van der Waals surface area contributed by atoms with E-state index in [-0.39, 0.29) is 19.4 Å². The van der Waals surface area contributed by atoms with Crippen molar-refractivity contribution >= 4 is 28.6 Å². The number of aliphatic carboxylic acids is 2. The average Bonchev–Trinajstić information content (AvgIpc) is 3.24. The zero-order valence-electron chi connectivity index (χ0n) is 18.9. The maximum atomic E-state index is 13.6. The minimum atomic E-state index is -1.17. The summed E-state index contributed by atoms with van der Waals surface area (Å²) in [6, 6.07) is 10.7. The number of hydrogen-bond donors (Lipinski definition) is 4. The molecule has 0 bridgehead atoms. The first-order chi connectivity index (χ1) is 15.8. The van der Waals surface area contributed by atoms with E-state index in [0.717, 1.165) is 16.3 Å². The first kappa shape index (κ1) is 24.8. The maximum absolute atomic E-state index is 13.6. The van der Waals surface area contributed by atoms with Crippen LogP contribution in [0.15, 0.2) is 42.5 Å². The number of quaternary nitrogens is 1. The van der Waals surface area contributed by atoms with Gasteiger partial charge < -0.3 is 21.7 Å². The highest BCUT2D eigenvalue weighted by molar-refractivity contribution is 5.85. The standard InChI is InChI=1S/C25H33N3O5/c26-14-4-3-8-20(27)23(29)28(15-5-9-21(28)24(30)31)22(25(32)33)13-11-17-10-12-18-6-1-2-7-19(18)16-17/h1-2,6-7,10,12,16,20-22H,3-5,8-9,11,13-15,26-27H2,(H-,30,31,32,33)/p+1/t20-,21-,22?,28?/m0/s1. The van der Waals surface area contributed by atoms with Crippen molar-refractivity contribution in [3.05, 3.63) is 48.0 Å². The van der Waals surface area contributed by atoms with Crippen LogP contribution >= 0.6 is 0 Å². The van der Waals surface area contributed by atoms with E-state index in [1.54, 1.807) is 0 Å². The first-order valence-corrected chi connectivity index (χ1v) is 11.6. The fourth-order valence-electron chi connectivity index (χ4n) is 5.23. The number of carboxylic acid groups (broad SMARTS) is 2. The Labute approximate surface area is 193 Å². The third-order valence-corrected chi connectivity index (χ3v) is 6.91. The number of nitrogens with two attached hydrogens (primary N) is 2. The summed E-state index contributed by atoms with van der Waals surface area (Å²) in [5, 5.41) is 22.2. The lowest BCUT2D eigenvalue weighted by Gasteiger charge is -2.41. The number of amides is 1. The van der Waals surface area contributed by atoms with Gasteiger partial charge in [0.1, 0.15) is 6.04 Å². The van der Waals surface area contributed by atoms with Crippen molar-refractivity contribution in [2.75, 3.05) is 13.1 Å². The van der Waals surface area contributed by atoms with E-state index < -0.39 is 40.5 Å². The Morgan fingerprint density at radius 1 is 1.03 bits per heavy atom. The van der Waals surface area contributed by atoms with Gasteiger partial charge in [0.25, 0.3) is 0 Å². The summed E-state index contributed by atoms with van der Waals surface area (Å²) < 4.78 is -0.609. The second-order valence-electron chi connectivity index (χ2n) is 8.95. The van der Waals surface area contributed by atoms with Crippen LogP contribution in [0.2, 0.25) is 0 Å². The summed E-state index contributed by atoms with van der Waals surface area (Å²) >= 11 is 0. The molecule has 0 radical (unpaired) electrons. The Morgan fingerprint density at radius 2 is 1.76 bits per heavy atom. The molecule has 178 valence electrons. The Balaban J connectivity index is 1.90. The van der Waals surface area contributed by atoms with Gasteiger partial charge in [0.2, 0.25) is 0 Å². The molecule has 6 N–H and O–H groups in total. The van der Waals surface area contributed by atoms with E-state index >= 15 is 0 Å². The van der Waals surface area contributed by atoms with Crippen molar-refractivity contribution in [1.29, 1.82) is 0 Å². The zero-order valence-corrected chi connectivity index (χ0v) is 18.9. The lowest BCUT2D eigenvalue weighted by atomic mass is 9.96. The van der Waals surface area contributed by atoms with E-state index in [9.17, 15) is 24.6 Å². The highest BCUT2D eigenvalue weighted by Crippen LogP contribution is 2.35. The number of benzene rings is 2. The van der Waals surface area contributed by atoms with Gasteiger partial charge in [-0.05, 0) is 48.6 Å². The fraction of sp³-hybridized carbons (Fsp3) is 0.480. The molecule has 2 unspecified atom stereocenters. The number of aryl methyl sites for hydroxylation is 1. The van der Waals surface area contributed by atoms with Gasteiger partial charge in [-0.3, -0.25) is 0 Å². The van der Waals surface area contributed by atoms with E-state index in [2.05, 4.69) is 0 Å². The number of carboxylic acids is 2. The third-order valence-electron chi connectivity index (χ3n) is 6.91. The molecule has 1 heterocycles. The molecule has 0 aliphatic carbocycles. The Hall–Kier alpha value is -2.81. The van der Waals surface area contributed by atoms with Crippen LogP contribution in [-0.2, 0) is 20.8 Å². The van der Waals surface area contributed by atoms with Crippen LogP contribution in [-0.4, -0.2) is 63.8 Å². The molecule has 3 rings (SSSR count). The van der Waals surface area contributed by atoms with Crippen molar-refractivity contribution in [1.82, 2.24) is 0 Å². The first-order valence-electron chi connectivity index (χ1n) is 11.6. The second-order valence-corrected chi connectivity index (χ2v) is 8.95. The number of nitrogens with zero attached hydrogens (tertiary/aromatic N) is 1. The SMILES string of the molecule is NCCCC[C@H](N)C(=O)[N+]1(C(CCc2ccc3ccccc3c2)C(=O)O)CCC[C@H]1C(=O)O. The Morgan fingerprint density at radius 3 is 2.42 bits per heavy atom. The zero-order chi connectivity index (χ0) is 24.0. The predicted molar refractivity (Wildman–Crippen MR) is 125 cm³/mol. The van der Waals surface area contributed by atoms with Crippen molar-refractivity contribution in [2.45, 2.75) is 63.1 Å². The number of hydrogen-bond acceptors (Lipinski definition) is 5. The van der Waals surface area contributed by atoms with Crippen LogP contribution in [0.25, 0.3) is 10.8 Å². The topological polar surface area (TPSA) is 144 Å². The van der Waals surface area contributed by atoms with Gasteiger partial charge in [-0.1, -0.05) is 42.5 Å². The third kappa shape index (κ3) is 5.24. The van der Waals surface area contributed by atoms with E-state index in [4.69, 9.17) is 11.5 Å². The highest BCUT2D eigenvalue weighted by atomic mass is 16.4. The molecule has 8 nitrogen and oxygen atoms in total. The van der Waals surface area contributed by atoms with Crippen LogP contribution in [0.5, 0.6) is 0 Å². The number of carbonyl (C=O) groups excluding carboxylic acids is 1. The molecule has 1 saturated heterocycles. The van der Waals surface area contributed by atoms with E-state index in [1.165, 1.54) is 0 Å². The summed E-state index contributed by atoms with van der Waals surface area (Å²) in [6.45, 7) is 0.650. The van der Waals surface area contributed by atoms with Crippen LogP contribution in [0, 0.1) is 0 Å². The number of fused-ring (bicyclic) bond motifs is 1. The van der Waals surface area contributed by atoms with Gasteiger partial charge in [0.15, 0.2) is 12.1 Å². The number of carbonyl (C=O) groups is 3. The molecule has 0 aromatic heterocycles. The fourth-order valence-corrected chi connectivity index (χ4v) is 5.23. The summed E-state index contributed by atoms with van der Waals surface area (Å²) in [5.41, 5.74) is 12.7. The predicted octanol–water partition coefficient (Wildman–Crippen LogP) is 2.27. The monoisotopic (exact) mass is 456 g/mol. The smallest absolute Gasteiger partial charge is 0.363 e. The van der Waals surface area contributed by atoms with Crippen molar-refractivity contribution in [2.24, 2.45) is 11.5 Å². The molecule has 0 saturated carbocycles. The molecule has 1 aliphatic heterocycles. The van der Waals surface area contributed by atoms with Crippen molar-refractivity contribution in [3.63, 3.8) is 0 Å². The average molecular weight is 457 g/mol.